The van der Waals surface area contributed by atoms with Gasteiger partial charge >= 0.3 is 0 Å². The Morgan fingerprint density at radius 3 is 2.86 bits per heavy atom. The fraction of sp³-hybridized carbons (Fsp3) is 0.133. The van der Waals surface area contributed by atoms with Crippen LogP contribution < -0.4 is 16.8 Å². The van der Waals surface area contributed by atoms with Crippen molar-refractivity contribution in [3.63, 3.8) is 0 Å². The van der Waals surface area contributed by atoms with E-state index in [1.165, 1.54) is 10.7 Å². The van der Waals surface area contributed by atoms with Crippen LogP contribution in [-0.2, 0) is 6.54 Å². The van der Waals surface area contributed by atoms with Gasteiger partial charge in [0.15, 0.2) is 0 Å². The summed E-state index contributed by atoms with van der Waals surface area (Å²) in [6.45, 7) is 2.16. The van der Waals surface area contributed by atoms with Gasteiger partial charge in [0.05, 0.1) is 17.8 Å². The van der Waals surface area contributed by atoms with E-state index in [2.05, 4.69) is 15.5 Å². The number of benzene rings is 1. The molecule has 6 nitrogen and oxygen atoms in total. The number of fused-ring (bicyclic) bond motifs is 1. The highest BCUT2D eigenvalue weighted by molar-refractivity contribution is 5.81. The first kappa shape index (κ1) is 13.3. The van der Waals surface area contributed by atoms with Gasteiger partial charge < -0.3 is 5.43 Å². The highest BCUT2D eigenvalue weighted by Gasteiger charge is 2.08. The van der Waals surface area contributed by atoms with E-state index in [-0.39, 0.29) is 5.56 Å². The lowest BCUT2D eigenvalue weighted by Gasteiger charge is -2.11. The molecule has 0 atom stereocenters. The van der Waals surface area contributed by atoms with Crippen molar-refractivity contribution >= 4 is 16.7 Å². The molecule has 2 heterocycles. The molecule has 0 spiro atoms. The van der Waals surface area contributed by atoms with Crippen molar-refractivity contribution in [2.75, 3.05) is 5.43 Å². The summed E-state index contributed by atoms with van der Waals surface area (Å²) < 4.78 is 1.40. The van der Waals surface area contributed by atoms with Crippen LogP contribution in [0, 0.1) is 6.92 Å². The van der Waals surface area contributed by atoms with Crippen LogP contribution in [0.5, 0.6) is 0 Å². The first-order valence-corrected chi connectivity index (χ1v) is 6.57. The third-order valence-corrected chi connectivity index (χ3v) is 3.26. The molecule has 0 unspecified atom stereocenters. The lowest BCUT2D eigenvalue weighted by molar-refractivity contribution is 0.628. The van der Waals surface area contributed by atoms with Crippen LogP contribution in [-0.4, -0.2) is 14.8 Å². The van der Waals surface area contributed by atoms with Crippen molar-refractivity contribution in [1.82, 2.24) is 14.8 Å². The lowest BCUT2D eigenvalue weighted by Crippen LogP contribution is -2.24. The number of nitrogens with one attached hydrogen (secondary N) is 1. The molecule has 0 aliphatic heterocycles. The average Bonchev–Trinajstić information content (AvgIpc) is 2.50. The van der Waals surface area contributed by atoms with Crippen molar-refractivity contribution in [3.05, 3.63) is 64.1 Å². The second-order valence-electron chi connectivity index (χ2n) is 4.80. The largest absolute Gasteiger partial charge is 0.308 e. The maximum atomic E-state index is 11.9. The Morgan fingerprint density at radius 1 is 1.24 bits per heavy atom. The van der Waals surface area contributed by atoms with Gasteiger partial charge in [-0.05, 0) is 25.1 Å². The van der Waals surface area contributed by atoms with E-state index in [0.717, 1.165) is 22.2 Å². The third kappa shape index (κ3) is 2.61. The zero-order valence-electron chi connectivity index (χ0n) is 11.6. The number of nitrogens with zero attached hydrogens (tertiary/aromatic N) is 3. The van der Waals surface area contributed by atoms with E-state index in [1.54, 1.807) is 6.07 Å². The number of hydrazine groups is 1. The number of rotatable bonds is 3. The molecule has 0 saturated carbocycles. The number of hydrogen-bond donors (Lipinski definition) is 2. The SMILES string of the molecule is Cc1ccc(=O)n(Cc2cc3ccccc3nc2NN)n1. The molecule has 0 aliphatic rings. The number of nitrogen functional groups attached to an aromatic ring is 1. The number of anilines is 1. The normalized spacial score (nSPS) is 10.8. The standard InChI is InChI=1S/C15H15N5O/c1-10-6-7-14(21)20(19-10)9-12-8-11-4-2-3-5-13(11)17-15(12)18-16/h2-8H,9,16H2,1H3,(H,17,18). The van der Waals surface area contributed by atoms with Crippen molar-refractivity contribution < 1.29 is 0 Å². The molecule has 106 valence electrons. The second-order valence-corrected chi connectivity index (χ2v) is 4.80. The molecule has 0 saturated heterocycles. The zero-order chi connectivity index (χ0) is 14.8. The molecule has 0 bridgehead atoms. The third-order valence-electron chi connectivity index (χ3n) is 3.26. The number of aryl methyl sites for hydroxylation is 1. The maximum Gasteiger partial charge on any atom is 0.267 e. The predicted octanol–water partition coefficient (Wildman–Crippen LogP) is 1.43. The molecule has 3 rings (SSSR count). The van der Waals surface area contributed by atoms with Gasteiger partial charge in [-0.1, -0.05) is 18.2 Å². The second kappa shape index (κ2) is 5.34. The van der Waals surface area contributed by atoms with Gasteiger partial charge in [0.25, 0.3) is 5.56 Å². The van der Waals surface area contributed by atoms with E-state index < -0.39 is 0 Å². The van der Waals surface area contributed by atoms with Crippen LogP contribution in [0.4, 0.5) is 5.82 Å². The molecular formula is C15H15N5O. The molecule has 0 amide bonds. The van der Waals surface area contributed by atoms with Gasteiger partial charge in [-0.3, -0.25) is 4.79 Å². The first-order valence-electron chi connectivity index (χ1n) is 6.57. The molecule has 3 N–H and O–H groups in total. The Morgan fingerprint density at radius 2 is 2.05 bits per heavy atom. The molecule has 2 aromatic heterocycles. The monoisotopic (exact) mass is 281 g/mol. The average molecular weight is 281 g/mol. The summed E-state index contributed by atoms with van der Waals surface area (Å²) in [6.07, 6.45) is 0. The van der Waals surface area contributed by atoms with Gasteiger partial charge in [-0.25, -0.2) is 15.5 Å². The van der Waals surface area contributed by atoms with E-state index in [0.29, 0.717) is 12.4 Å². The summed E-state index contributed by atoms with van der Waals surface area (Å²) in [4.78, 5) is 16.3. The van der Waals surface area contributed by atoms with Crippen LogP contribution in [0.3, 0.4) is 0 Å². The Balaban J connectivity index is 2.10. The lowest BCUT2D eigenvalue weighted by atomic mass is 10.1. The number of pyridine rings is 1. The molecule has 3 aromatic rings. The number of nitrogens with two attached hydrogens (primary N) is 1. The van der Waals surface area contributed by atoms with Gasteiger partial charge in [-0.2, -0.15) is 5.10 Å². The summed E-state index contributed by atoms with van der Waals surface area (Å²) in [5.74, 6) is 6.09. The topological polar surface area (TPSA) is 85.8 Å². The van der Waals surface area contributed by atoms with Crippen LogP contribution in [0.25, 0.3) is 10.9 Å². The maximum absolute atomic E-state index is 11.9. The van der Waals surface area contributed by atoms with Crippen molar-refractivity contribution in [2.24, 2.45) is 5.84 Å². The Kier molecular flexibility index (Phi) is 3.37. The summed E-state index contributed by atoms with van der Waals surface area (Å²) in [5.41, 5.74) is 4.88. The minimum atomic E-state index is -0.156. The van der Waals surface area contributed by atoms with Crippen LogP contribution in [0.15, 0.2) is 47.3 Å². The minimum Gasteiger partial charge on any atom is -0.308 e. The molecule has 1 aromatic carbocycles. The fourth-order valence-electron chi connectivity index (χ4n) is 2.23. The van der Waals surface area contributed by atoms with E-state index in [4.69, 9.17) is 5.84 Å². The Hall–Kier alpha value is -2.73. The summed E-state index contributed by atoms with van der Waals surface area (Å²) in [5, 5.41) is 5.22. The molecular weight excluding hydrogens is 266 g/mol. The van der Waals surface area contributed by atoms with Gasteiger partial charge in [0.1, 0.15) is 5.82 Å². The Bertz CT molecular complexity index is 856. The smallest absolute Gasteiger partial charge is 0.267 e. The first-order chi connectivity index (χ1) is 10.2. The van der Waals surface area contributed by atoms with Crippen LogP contribution >= 0.6 is 0 Å². The van der Waals surface area contributed by atoms with E-state index in [9.17, 15) is 4.79 Å². The predicted molar refractivity (Wildman–Crippen MR) is 81.9 cm³/mol. The molecule has 6 heteroatoms. The highest BCUT2D eigenvalue weighted by Crippen LogP contribution is 2.20. The summed E-state index contributed by atoms with van der Waals surface area (Å²) >= 11 is 0. The number of aromatic nitrogens is 3. The molecule has 0 fully saturated rings. The summed E-state index contributed by atoms with van der Waals surface area (Å²) in [7, 11) is 0. The summed E-state index contributed by atoms with van der Waals surface area (Å²) in [6, 6.07) is 12.9. The van der Waals surface area contributed by atoms with Gasteiger partial charge in [-0.15, -0.1) is 0 Å². The van der Waals surface area contributed by atoms with Crippen molar-refractivity contribution in [2.45, 2.75) is 13.5 Å². The Labute approximate surface area is 121 Å². The number of hydrogen-bond acceptors (Lipinski definition) is 5. The van der Waals surface area contributed by atoms with Crippen LogP contribution in [0.1, 0.15) is 11.3 Å². The van der Waals surface area contributed by atoms with Crippen LogP contribution in [0.2, 0.25) is 0 Å². The molecule has 0 aliphatic carbocycles. The number of para-hydroxylation sites is 1. The quantitative estimate of drug-likeness (QED) is 0.560. The van der Waals surface area contributed by atoms with E-state index in [1.807, 2.05) is 37.3 Å². The van der Waals surface area contributed by atoms with Gasteiger partial charge in [0.2, 0.25) is 0 Å². The zero-order valence-corrected chi connectivity index (χ0v) is 11.6. The molecule has 0 radical (unpaired) electrons. The molecule has 21 heavy (non-hydrogen) atoms. The highest BCUT2D eigenvalue weighted by atomic mass is 16.1. The van der Waals surface area contributed by atoms with Crippen molar-refractivity contribution in [3.8, 4) is 0 Å². The van der Waals surface area contributed by atoms with Gasteiger partial charge in [0, 0.05) is 17.0 Å². The van der Waals surface area contributed by atoms with Crippen molar-refractivity contribution in [1.29, 1.82) is 0 Å². The van der Waals surface area contributed by atoms with E-state index >= 15 is 0 Å². The fourth-order valence-corrected chi connectivity index (χ4v) is 2.23. The minimum absolute atomic E-state index is 0.156.